The second-order valence-electron chi connectivity index (χ2n) is 8.94. The predicted octanol–water partition coefficient (Wildman–Crippen LogP) is 3.52. The molecule has 0 bridgehead atoms. The lowest BCUT2D eigenvalue weighted by molar-refractivity contribution is -0.125. The van der Waals surface area contributed by atoms with E-state index in [9.17, 15) is 13.2 Å². The molecule has 1 amide bonds. The molecular weight excluding hydrogens is 492 g/mol. The number of hydrogen-bond acceptors (Lipinski definition) is 8. The number of rotatable bonds is 13. The summed E-state index contributed by atoms with van der Waals surface area (Å²) < 4.78 is 35.2. The molecule has 0 saturated heterocycles. The third kappa shape index (κ3) is 8.92. The first-order valence-electron chi connectivity index (χ1n) is 12.1. The summed E-state index contributed by atoms with van der Waals surface area (Å²) in [5.41, 5.74) is 3.62. The molecule has 2 aromatic carbocycles. The first-order valence-corrected chi connectivity index (χ1v) is 14.0. The van der Waals surface area contributed by atoms with Gasteiger partial charge < -0.3 is 14.4 Å². The number of carbonyl (C=O) groups excluding carboxylic acids is 1. The summed E-state index contributed by atoms with van der Waals surface area (Å²) in [6.07, 6.45) is 2.42. The number of ether oxygens (including phenoxy) is 2. The summed E-state index contributed by atoms with van der Waals surface area (Å²) in [7, 11) is -3.60. The Hall–Kier alpha value is -3.34. The van der Waals surface area contributed by atoms with Crippen LogP contribution in [0.1, 0.15) is 20.8 Å². The smallest absolute Gasteiger partial charge is 0.259 e. The third-order valence-electron chi connectivity index (χ3n) is 5.39. The fourth-order valence-corrected chi connectivity index (χ4v) is 4.19. The Kier molecular flexibility index (Phi) is 10.1. The van der Waals surface area contributed by atoms with Gasteiger partial charge >= 0.3 is 0 Å². The van der Waals surface area contributed by atoms with Crippen LogP contribution in [0, 0.1) is 0 Å². The minimum Gasteiger partial charge on any atom is -0.374 e. The highest BCUT2D eigenvalue weighted by molar-refractivity contribution is 7.89. The first kappa shape index (κ1) is 28.2. The second kappa shape index (κ2) is 13.3. The van der Waals surface area contributed by atoms with Crippen molar-refractivity contribution < 1.29 is 22.7 Å². The van der Waals surface area contributed by atoms with E-state index < -0.39 is 15.9 Å². The maximum atomic E-state index is 11.5. The van der Waals surface area contributed by atoms with Gasteiger partial charge in [-0.15, -0.1) is 0 Å². The van der Waals surface area contributed by atoms with Crippen LogP contribution in [0.15, 0.2) is 66.9 Å². The summed E-state index contributed by atoms with van der Waals surface area (Å²) in [5.74, 6) is 0.0333. The van der Waals surface area contributed by atoms with Crippen molar-refractivity contribution in [2.24, 2.45) is 0 Å². The van der Waals surface area contributed by atoms with Crippen LogP contribution in [0.25, 0.3) is 22.5 Å². The third-order valence-corrected chi connectivity index (χ3v) is 5.99. The highest BCUT2D eigenvalue weighted by atomic mass is 32.2. The van der Waals surface area contributed by atoms with Gasteiger partial charge in [-0.1, -0.05) is 60.7 Å². The molecule has 0 aliphatic rings. The Balaban J connectivity index is 1.66. The topological polar surface area (TPSA) is 111 Å². The van der Waals surface area contributed by atoms with Gasteiger partial charge in [0.05, 0.1) is 43.2 Å². The van der Waals surface area contributed by atoms with E-state index in [-0.39, 0.29) is 25.4 Å². The van der Waals surface area contributed by atoms with Gasteiger partial charge in [-0.2, -0.15) is 0 Å². The van der Waals surface area contributed by atoms with Crippen molar-refractivity contribution in [1.82, 2.24) is 14.7 Å². The van der Waals surface area contributed by atoms with E-state index in [1.165, 1.54) is 0 Å². The Morgan fingerprint density at radius 1 is 0.973 bits per heavy atom. The number of hydrogen-bond donors (Lipinski definition) is 1. The maximum Gasteiger partial charge on any atom is 0.259 e. The molecule has 1 aromatic heterocycles. The number of nitrogens with one attached hydrogen (secondary N) is 1. The summed E-state index contributed by atoms with van der Waals surface area (Å²) in [4.78, 5) is 23.5. The van der Waals surface area contributed by atoms with E-state index in [1.54, 1.807) is 6.20 Å². The van der Waals surface area contributed by atoms with Crippen molar-refractivity contribution in [2.45, 2.75) is 32.9 Å². The Morgan fingerprint density at radius 3 is 2.14 bits per heavy atom. The number of nitrogens with zero attached hydrogens (tertiary/aromatic N) is 3. The van der Waals surface area contributed by atoms with Gasteiger partial charge in [0.1, 0.15) is 12.4 Å². The van der Waals surface area contributed by atoms with Crippen LogP contribution < -0.4 is 9.62 Å². The molecule has 10 heteroatoms. The molecular formula is C27H34N4O5S. The van der Waals surface area contributed by atoms with Crippen molar-refractivity contribution in [3.63, 3.8) is 0 Å². The molecule has 0 spiro atoms. The zero-order valence-corrected chi connectivity index (χ0v) is 22.4. The number of amides is 1. The minimum absolute atomic E-state index is 0.148. The van der Waals surface area contributed by atoms with Gasteiger partial charge in [-0.3, -0.25) is 14.5 Å². The van der Waals surface area contributed by atoms with Gasteiger partial charge in [0.25, 0.3) is 5.91 Å². The highest BCUT2D eigenvalue weighted by Crippen LogP contribution is 2.30. The molecule has 1 atom stereocenters. The van der Waals surface area contributed by atoms with E-state index in [4.69, 9.17) is 19.4 Å². The summed E-state index contributed by atoms with van der Waals surface area (Å²) in [6.45, 7) is 6.78. The molecule has 0 fully saturated rings. The average molecular weight is 527 g/mol. The standard InChI is InChI=1S/C27H34N4O5S/c1-20(2)31(15-16-36-21(3)18-35-19-25(32)30-37(4,33)34)24-17-28-26(22-11-7-5-8-12-22)27(29-24)23-13-9-6-10-14-23/h5-14,17,20-21H,15-16,18-19H2,1-4H3,(H,30,32). The maximum absolute atomic E-state index is 11.5. The predicted molar refractivity (Wildman–Crippen MR) is 145 cm³/mol. The van der Waals surface area contributed by atoms with Crippen molar-refractivity contribution in [2.75, 3.05) is 37.5 Å². The molecule has 1 N–H and O–H groups in total. The SMILES string of the molecule is CC(COCC(=O)NS(C)(=O)=O)OCCN(c1cnc(-c2ccccc2)c(-c2ccccc2)n1)C(C)C. The molecule has 0 aliphatic heterocycles. The molecule has 3 aromatic rings. The number of anilines is 1. The summed E-state index contributed by atoms with van der Waals surface area (Å²) >= 11 is 0. The molecule has 1 heterocycles. The molecule has 0 aliphatic carbocycles. The van der Waals surface area contributed by atoms with Gasteiger partial charge in [0.2, 0.25) is 10.0 Å². The molecule has 9 nitrogen and oxygen atoms in total. The first-order chi connectivity index (χ1) is 17.6. The second-order valence-corrected chi connectivity index (χ2v) is 10.7. The summed E-state index contributed by atoms with van der Waals surface area (Å²) in [5, 5.41) is 0. The van der Waals surface area contributed by atoms with E-state index >= 15 is 0 Å². The molecule has 0 radical (unpaired) electrons. The van der Waals surface area contributed by atoms with Gasteiger partial charge in [0.15, 0.2) is 0 Å². The van der Waals surface area contributed by atoms with Gasteiger partial charge in [-0.05, 0) is 20.8 Å². The average Bonchev–Trinajstić information content (AvgIpc) is 2.86. The van der Waals surface area contributed by atoms with E-state index in [0.29, 0.717) is 13.2 Å². The Bertz CT molecular complexity index is 1250. The van der Waals surface area contributed by atoms with Crippen molar-refractivity contribution >= 4 is 21.7 Å². The summed E-state index contributed by atoms with van der Waals surface area (Å²) in [6, 6.07) is 20.2. The van der Waals surface area contributed by atoms with Gasteiger partial charge in [-0.25, -0.2) is 13.4 Å². The molecule has 0 saturated carbocycles. The molecule has 1 unspecified atom stereocenters. The Labute approximate surface area is 218 Å². The zero-order chi connectivity index (χ0) is 26.8. The number of carbonyl (C=O) groups is 1. The number of benzene rings is 2. The van der Waals surface area contributed by atoms with E-state index in [2.05, 4.69) is 18.7 Å². The van der Waals surface area contributed by atoms with Crippen LogP contribution in [0.5, 0.6) is 0 Å². The lowest BCUT2D eigenvalue weighted by Crippen LogP contribution is -2.36. The van der Waals surface area contributed by atoms with Crippen LogP contribution in [0.3, 0.4) is 0 Å². The van der Waals surface area contributed by atoms with Crippen molar-refractivity contribution in [3.8, 4) is 22.5 Å². The van der Waals surface area contributed by atoms with Crippen LogP contribution in [0.2, 0.25) is 0 Å². The molecule has 3 rings (SSSR count). The fraction of sp³-hybridized carbons (Fsp3) is 0.370. The quantitative estimate of drug-likeness (QED) is 0.360. The normalized spacial score (nSPS) is 12.4. The lowest BCUT2D eigenvalue weighted by Gasteiger charge is -2.29. The largest absolute Gasteiger partial charge is 0.374 e. The monoisotopic (exact) mass is 526 g/mol. The van der Waals surface area contributed by atoms with E-state index in [0.717, 1.165) is 34.6 Å². The van der Waals surface area contributed by atoms with Crippen LogP contribution in [-0.2, 0) is 24.3 Å². The van der Waals surface area contributed by atoms with Crippen LogP contribution >= 0.6 is 0 Å². The number of aromatic nitrogens is 2. The molecule has 37 heavy (non-hydrogen) atoms. The van der Waals surface area contributed by atoms with Crippen molar-refractivity contribution in [1.29, 1.82) is 0 Å². The molecule has 198 valence electrons. The van der Waals surface area contributed by atoms with E-state index in [1.807, 2.05) is 72.3 Å². The minimum atomic E-state index is -3.60. The number of sulfonamides is 1. The highest BCUT2D eigenvalue weighted by Gasteiger charge is 2.18. The van der Waals surface area contributed by atoms with Crippen LogP contribution in [-0.4, -0.2) is 69.1 Å². The lowest BCUT2D eigenvalue weighted by atomic mass is 10.0. The fourth-order valence-electron chi connectivity index (χ4n) is 3.71. The zero-order valence-electron chi connectivity index (χ0n) is 21.6. The van der Waals surface area contributed by atoms with Gasteiger partial charge in [0, 0.05) is 23.7 Å². The Morgan fingerprint density at radius 2 is 1.57 bits per heavy atom. The van der Waals surface area contributed by atoms with Crippen LogP contribution in [0.4, 0.5) is 5.82 Å². The van der Waals surface area contributed by atoms with Crippen molar-refractivity contribution in [3.05, 3.63) is 66.9 Å².